The molecule has 10 rings (SSSR count). The van der Waals surface area contributed by atoms with Crippen molar-refractivity contribution in [3.8, 4) is 24.7 Å². The van der Waals surface area contributed by atoms with Crippen molar-refractivity contribution >= 4 is 23.9 Å². The van der Waals surface area contributed by atoms with Crippen LogP contribution < -0.4 is 0 Å². The first-order valence-corrected chi connectivity index (χ1v) is 34.2. The first kappa shape index (κ1) is 65.2. The summed E-state index contributed by atoms with van der Waals surface area (Å²) in [6, 6.07) is 0. The molecule has 84 heavy (non-hydrogen) atoms. The minimum atomic E-state index is -0.890. The lowest BCUT2D eigenvalue weighted by Gasteiger charge is -2.70. The van der Waals surface area contributed by atoms with Crippen LogP contribution in [0.5, 0.6) is 0 Å². The van der Waals surface area contributed by atoms with Crippen molar-refractivity contribution in [3.05, 3.63) is 12.2 Å². The molecule has 0 aromatic heterocycles. The van der Waals surface area contributed by atoms with Gasteiger partial charge in [-0.2, -0.15) is 0 Å². The number of esters is 4. The Morgan fingerprint density at radius 3 is 1.27 bits per heavy atom. The van der Waals surface area contributed by atoms with Crippen LogP contribution in [0.15, 0.2) is 12.2 Å². The third kappa shape index (κ3) is 10.3. The van der Waals surface area contributed by atoms with Crippen LogP contribution in [-0.2, 0) is 38.1 Å². The lowest BCUT2D eigenvalue weighted by molar-refractivity contribution is -0.229. The molecule has 8 nitrogen and oxygen atoms in total. The molecule has 8 heteroatoms. The van der Waals surface area contributed by atoms with E-state index in [1.165, 1.54) is 96.8 Å². The summed E-state index contributed by atoms with van der Waals surface area (Å²) in [5, 5.41) is 0. The van der Waals surface area contributed by atoms with Crippen LogP contribution in [0.25, 0.3) is 0 Å². The summed E-state index contributed by atoms with van der Waals surface area (Å²) in [5.41, 5.74) is 0.378. The first-order chi connectivity index (χ1) is 39.1. The summed E-state index contributed by atoms with van der Waals surface area (Å²) in [7, 11) is 2.75. The number of hydrogen-bond donors (Lipinski definition) is 0. The molecule has 10 aliphatic rings. The molecule has 0 radical (unpaired) electrons. The van der Waals surface area contributed by atoms with E-state index in [-0.39, 0.29) is 76.0 Å². The number of ether oxygens (including phenoxy) is 4. The molecule has 0 aromatic carbocycles. The fourth-order valence-electron chi connectivity index (χ4n) is 25.7. The molecule has 10 fully saturated rings. The van der Waals surface area contributed by atoms with Crippen LogP contribution in [0.3, 0.4) is 0 Å². The van der Waals surface area contributed by atoms with Gasteiger partial charge in [0.25, 0.3) is 0 Å². The van der Waals surface area contributed by atoms with Crippen LogP contribution >= 0.6 is 0 Å². The van der Waals surface area contributed by atoms with Crippen molar-refractivity contribution in [3.63, 3.8) is 0 Å². The Balaban J connectivity index is 0.000000202. The summed E-state index contributed by atoms with van der Waals surface area (Å²) in [5.74, 6) is 17.7. The smallest absolute Gasteiger partial charge is 0.311 e. The number of terminal acetylenes is 2. The summed E-state index contributed by atoms with van der Waals surface area (Å²) < 4.78 is 22.3. The van der Waals surface area contributed by atoms with E-state index in [0.717, 1.165) is 61.2 Å². The van der Waals surface area contributed by atoms with E-state index in [0.29, 0.717) is 82.3 Å². The van der Waals surface area contributed by atoms with E-state index in [4.69, 9.17) is 31.8 Å². The van der Waals surface area contributed by atoms with Crippen molar-refractivity contribution in [1.82, 2.24) is 0 Å². The van der Waals surface area contributed by atoms with Gasteiger partial charge in [-0.1, -0.05) is 95.2 Å². The highest BCUT2D eigenvalue weighted by Crippen LogP contribution is 2.76. The van der Waals surface area contributed by atoms with Gasteiger partial charge in [0.1, 0.15) is 12.2 Å². The van der Waals surface area contributed by atoms with E-state index in [2.05, 4.69) is 108 Å². The Bertz CT molecular complexity index is 2590. The van der Waals surface area contributed by atoms with Gasteiger partial charge in [0.15, 0.2) is 0 Å². The van der Waals surface area contributed by atoms with Gasteiger partial charge in [-0.25, -0.2) is 0 Å². The third-order valence-corrected chi connectivity index (χ3v) is 28.9. The zero-order valence-electron chi connectivity index (χ0n) is 56.5. The predicted octanol–water partition coefficient (Wildman–Crippen LogP) is 17.1. The van der Waals surface area contributed by atoms with Crippen LogP contribution in [0, 0.1) is 180 Å². The zero-order chi connectivity index (χ0) is 62.0. The quantitative estimate of drug-likeness (QED) is 0.0922. The van der Waals surface area contributed by atoms with E-state index >= 15 is 0 Å². The Morgan fingerprint density at radius 2 is 0.893 bits per heavy atom. The maximum Gasteiger partial charge on any atom is 0.311 e. The van der Waals surface area contributed by atoms with Gasteiger partial charge in [0.05, 0.1) is 37.9 Å². The standard InChI is InChI=1S/C38H60O4.C38H58O4/c2*1-12-24-23(4)33-27(32-25(22(2)3)13-14-26(24)32)15-16-29-37(9)20-18-30(36(7,8)28(37)17-19-38(29,33)10)42-31(39)21-35(5,6)34(40)41-11/h1,22-30,32-33H,13-21H2,2-11H3;1,23-30,32-33H,2,13-21H2,3-11H3/t2*23-,24-,25-,26?,27?,28?,29?,30-,32?,33?,37-,38+/m00/s1. The Labute approximate surface area is 511 Å². The number of carbonyl (C=O) groups is 4. The van der Waals surface area contributed by atoms with Gasteiger partial charge in [0, 0.05) is 22.7 Å². The molecule has 470 valence electrons. The minimum Gasteiger partial charge on any atom is -0.469 e. The molecular formula is C76H118O8. The summed E-state index contributed by atoms with van der Waals surface area (Å²) >= 11 is 0. The summed E-state index contributed by atoms with van der Waals surface area (Å²) in [6.45, 7) is 43.6. The second kappa shape index (κ2) is 23.0. The van der Waals surface area contributed by atoms with Crippen molar-refractivity contribution < 1.29 is 38.1 Å². The van der Waals surface area contributed by atoms with Crippen LogP contribution in [0.2, 0.25) is 0 Å². The molecule has 0 aliphatic heterocycles. The molecule has 10 aliphatic carbocycles. The molecule has 0 heterocycles. The topological polar surface area (TPSA) is 105 Å². The highest BCUT2D eigenvalue weighted by Gasteiger charge is 2.70. The van der Waals surface area contributed by atoms with Gasteiger partial charge >= 0.3 is 23.9 Å². The minimum absolute atomic E-state index is 0.0412. The Hall–Kier alpha value is -3.26. The second-order valence-corrected chi connectivity index (χ2v) is 34.7. The van der Waals surface area contributed by atoms with Crippen molar-refractivity contribution in [2.45, 2.75) is 245 Å². The lowest BCUT2D eigenvalue weighted by Crippen LogP contribution is -2.64. The fourth-order valence-corrected chi connectivity index (χ4v) is 25.7. The van der Waals surface area contributed by atoms with Gasteiger partial charge in [-0.05, 0) is 260 Å². The molecule has 0 bridgehead atoms. The largest absolute Gasteiger partial charge is 0.469 e. The second-order valence-electron chi connectivity index (χ2n) is 34.7. The maximum absolute atomic E-state index is 13.1. The third-order valence-electron chi connectivity index (χ3n) is 28.9. The van der Waals surface area contributed by atoms with Crippen molar-refractivity contribution in [2.24, 2.45) is 156 Å². The molecule has 0 N–H and O–H groups in total. The molecule has 0 spiro atoms. The van der Waals surface area contributed by atoms with Crippen LogP contribution in [0.1, 0.15) is 233 Å². The van der Waals surface area contributed by atoms with E-state index in [1.54, 1.807) is 27.7 Å². The number of rotatable bonds is 10. The molecule has 24 atom stereocenters. The maximum atomic E-state index is 13.1. The highest BCUT2D eigenvalue weighted by molar-refractivity contribution is 5.83. The normalized spacial score (nSPS) is 45.8. The average molecular weight is 1160 g/mol. The molecule has 0 aromatic rings. The van der Waals surface area contributed by atoms with Gasteiger partial charge in [0.2, 0.25) is 0 Å². The van der Waals surface area contributed by atoms with Crippen molar-refractivity contribution in [1.29, 1.82) is 0 Å². The van der Waals surface area contributed by atoms with Crippen LogP contribution in [-0.4, -0.2) is 50.3 Å². The Morgan fingerprint density at radius 1 is 0.524 bits per heavy atom. The first-order valence-electron chi connectivity index (χ1n) is 34.2. The Kier molecular flexibility index (Phi) is 17.8. The van der Waals surface area contributed by atoms with Crippen LogP contribution in [0.4, 0.5) is 0 Å². The number of allylic oxidation sites excluding steroid dienone is 1. The summed E-state index contributed by atoms with van der Waals surface area (Å²) in [6.07, 6.45) is 31.9. The van der Waals surface area contributed by atoms with E-state index < -0.39 is 10.8 Å². The van der Waals surface area contributed by atoms with Gasteiger partial charge < -0.3 is 18.9 Å². The van der Waals surface area contributed by atoms with Gasteiger partial charge in [-0.3, -0.25) is 19.2 Å². The number of methoxy groups -OCH3 is 2. The highest BCUT2D eigenvalue weighted by atomic mass is 16.6. The average Bonchev–Trinajstić information content (AvgIpc) is 0.908. The molecular weight excluding hydrogens is 1040 g/mol. The van der Waals surface area contributed by atoms with Crippen molar-refractivity contribution in [2.75, 3.05) is 14.2 Å². The number of fused-ring (bicyclic) bond motifs is 14. The fraction of sp³-hybridized carbons (Fsp3) is 0.868. The SMILES string of the molecule is C#C[C@@H]1C2CC[C@@H](C(=C)C)C2C2CCC3[C@@](C)(CCC4C(C)(C)[C@@H](OC(=O)CC(C)(C)C(=O)OC)CC[C@@]43C)C2[C@H]1C.C#C[C@@H]1C2CC[C@@H](C(C)C)C2C2CCC3[C@@](C)(CCC4C(C)(C)[C@@H](OC(=O)CC(C)(C)C(=O)OC)CC[C@@]43C)C2[C@H]1C. The predicted molar refractivity (Wildman–Crippen MR) is 336 cm³/mol. The molecule has 0 saturated heterocycles. The lowest BCUT2D eigenvalue weighted by atomic mass is 9.35. The molecule has 12 unspecified atom stereocenters. The zero-order valence-corrected chi connectivity index (χ0v) is 56.5. The molecule has 0 amide bonds. The number of hydrogen-bond acceptors (Lipinski definition) is 8. The van der Waals surface area contributed by atoms with E-state index in [9.17, 15) is 19.2 Å². The number of carbonyl (C=O) groups excluding carboxylic acids is 4. The van der Waals surface area contributed by atoms with E-state index in [1.807, 2.05) is 0 Å². The van der Waals surface area contributed by atoms with Gasteiger partial charge in [-0.15, -0.1) is 24.7 Å². The monoisotopic (exact) mass is 1160 g/mol. The molecule has 10 saturated carbocycles. The summed E-state index contributed by atoms with van der Waals surface area (Å²) in [4.78, 5) is 50.7.